The lowest BCUT2D eigenvalue weighted by Gasteiger charge is -2.13. The van der Waals surface area contributed by atoms with E-state index in [0.717, 1.165) is 59.9 Å². The molecule has 0 unspecified atom stereocenters. The van der Waals surface area contributed by atoms with Crippen LogP contribution in [0.15, 0.2) is 0 Å². The van der Waals surface area contributed by atoms with Crippen LogP contribution in [-0.4, -0.2) is 27.5 Å². The molecule has 2 N–H and O–H groups in total. The van der Waals surface area contributed by atoms with Gasteiger partial charge in [0.15, 0.2) is 5.11 Å². The van der Waals surface area contributed by atoms with Crippen LogP contribution in [0, 0.1) is 13.8 Å². The Bertz CT molecular complexity index is 870. The van der Waals surface area contributed by atoms with Crippen LogP contribution in [0.4, 0.5) is 10.7 Å². The van der Waals surface area contributed by atoms with E-state index in [1.165, 1.54) is 4.88 Å². The van der Waals surface area contributed by atoms with Crippen molar-refractivity contribution < 1.29 is 9.53 Å². The van der Waals surface area contributed by atoms with Crippen molar-refractivity contribution in [1.82, 2.24) is 9.78 Å². The van der Waals surface area contributed by atoms with Crippen LogP contribution in [0.5, 0.6) is 0 Å². The third-order valence-corrected chi connectivity index (χ3v) is 6.21. The van der Waals surface area contributed by atoms with Crippen LogP contribution in [0.3, 0.4) is 0 Å². The van der Waals surface area contributed by atoms with E-state index in [2.05, 4.69) is 22.7 Å². The highest BCUT2D eigenvalue weighted by Gasteiger charge is 2.27. The van der Waals surface area contributed by atoms with Gasteiger partial charge in [-0.25, -0.2) is 4.79 Å². The molecule has 2 heterocycles. The lowest BCUT2D eigenvalue weighted by molar-refractivity contribution is 0.0526. The fraction of sp³-hybridized carbons (Fsp3) is 0.526. The fourth-order valence-electron chi connectivity index (χ4n) is 3.51. The number of thiocarbonyl (C=S) groups is 1. The third kappa shape index (κ3) is 4.01. The number of rotatable bonds is 5. The Balaban J connectivity index is 1.85. The van der Waals surface area contributed by atoms with Gasteiger partial charge in [-0.2, -0.15) is 5.10 Å². The lowest BCUT2D eigenvalue weighted by atomic mass is 9.95. The number of ether oxygens (including phenoxy) is 1. The minimum Gasteiger partial charge on any atom is -0.462 e. The third-order valence-electron chi connectivity index (χ3n) is 4.80. The molecule has 0 bridgehead atoms. The zero-order valence-electron chi connectivity index (χ0n) is 16.3. The maximum Gasteiger partial charge on any atom is 0.341 e. The number of nitrogens with one attached hydrogen (secondary N) is 2. The number of carbonyl (C=O) groups is 1. The summed E-state index contributed by atoms with van der Waals surface area (Å²) in [6.07, 6.45) is 4.19. The van der Waals surface area contributed by atoms with Crippen molar-refractivity contribution in [3.05, 3.63) is 27.4 Å². The summed E-state index contributed by atoms with van der Waals surface area (Å²) in [5.41, 5.74) is 4.62. The molecule has 3 rings (SSSR count). The number of esters is 1. The lowest BCUT2D eigenvalue weighted by Crippen LogP contribution is -2.21. The molecule has 0 amide bonds. The molecule has 0 atom stereocenters. The molecule has 0 fully saturated rings. The Hall–Kier alpha value is -1.93. The molecule has 0 spiro atoms. The number of aryl methyl sites for hydroxylation is 3. The van der Waals surface area contributed by atoms with Crippen molar-refractivity contribution in [3.63, 3.8) is 0 Å². The Kier molecular flexibility index (Phi) is 6.16. The standard InChI is InChI=1S/C19H26N4O2S2/c1-5-23-12(4)16(11(3)22-23)20-19(26)21-17-15(18(24)25-6-2)13-9-7-8-10-14(13)27-17/h5-10H2,1-4H3,(H2,20,21,26). The van der Waals surface area contributed by atoms with Crippen molar-refractivity contribution in [1.29, 1.82) is 0 Å². The van der Waals surface area contributed by atoms with Gasteiger partial charge in [0, 0.05) is 11.4 Å². The van der Waals surface area contributed by atoms with Crippen LogP contribution < -0.4 is 10.6 Å². The van der Waals surface area contributed by atoms with Crippen LogP contribution in [0.25, 0.3) is 0 Å². The zero-order chi connectivity index (χ0) is 19.6. The minimum atomic E-state index is -0.270. The van der Waals surface area contributed by atoms with E-state index in [-0.39, 0.29) is 5.97 Å². The molecule has 0 saturated heterocycles. The van der Waals surface area contributed by atoms with Gasteiger partial charge in [0.2, 0.25) is 0 Å². The van der Waals surface area contributed by atoms with Gasteiger partial charge < -0.3 is 15.4 Å². The van der Waals surface area contributed by atoms with Gasteiger partial charge in [-0.15, -0.1) is 11.3 Å². The number of thiophene rings is 1. The van der Waals surface area contributed by atoms with Gasteiger partial charge in [0.1, 0.15) is 5.00 Å². The highest BCUT2D eigenvalue weighted by Crippen LogP contribution is 2.38. The molecule has 0 aromatic carbocycles. The summed E-state index contributed by atoms with van der Waals surface area (Å²) in [4.78, 5) is 13.8. The van der Waals surface area contributed by atoms with Gasteiger partial charge >= 0.3 is 5.97 Å². The van der Waals surface area contributed by atoms with Gasteiger partial charge in [0.05, 0.1) is 29.2 Å². The Morgan fingerprint density at radius 3 is 2.67 bits per heavy atom. The molecule has 6 nitrogen and oxygen atoms in total. The Morgan fingerprint density at radius 2 is 2.00 bits per heavy atom. The van der Waals surface area contributed by atoms with E-state index < -0.39 is 0 Å². The second kappa shape index (κ2) is 8.39. The first kappa shape index (κ1) is 19.8. The van der Waals surface area contributed by atoms with E-state index in [1.54, 1.807) is 11.3 Å². The quantitative estimate of drug-likeness (QED) is 0.565. The summed E-state index contributed by atoms with van der Waals surface area (Å²) in [5, 5.41) is 12.2. The molecule has 8 heteroatoms. The number of anilines is 2. The summed E-state index contributed by atoms with van der Waals surface area (Å²) in [5.74, 6) is -0.270. The largest absolute Gasteiger partial charge is 0.462 e. The first-order valence-electron chi connectivity index (χ1n) is 9.39. The summed E-state index contributed by atoms with van der Waals surface area (Å²) >= 11 is 7.14. The molecular formula is C19H26N4O2S2. The summed E-state index contributed by atoms with van der Waals surface area (Å²) in [6.45, 7) is 9.02. The van der Waals surface area contributed by atoms with Crippen LogP contribution >= 0.6 is 23.6 Å². The maximum atomic E-state index is 12.6. The van der Waals surface area contributed by atoms with E-state index in [4.69, 9.17) is 17.0 Å². The number of aromatic nitrogens is 2. The van der Waals surface area contributed by atoms with Crippen LogP contribution in [-0.2, 0) is 24.1 Å². The fourth-order valence-corrected chi connectivity index (χ4v) is 5.06. The van der Waals surface area contributed by atoms with Gasteiger partial charge in [-0.3, -0.25) is 4.68 Å². The summed E-state index contributed by atoms with van der Waals surface area (Å²) in [7, 11) is 0. The monoisotopic (exact) mass is 406 g/mol. The van der Waals surface area contributed by atoms with Crippen molar-refractivity contribution in [2.75, 3.05) is 17.2 Å². The topological polar surface area (TPSA) is 68.2 Å². The second-order valence-corrected chi connectivity index (χ2v) is 8.09. The first-order chi connectivity index (χ1) is 13.0. The molecule has 0 saturated carbocycles. The molecule has 2 aromatic rings. The van der Waals surface area contributed by atoms with Crippen LogP contribution in [0.2, 0.25) is 0 Å². The zero-order valence-corrected chi connectivity index (χ0v) is 17.9. The Morgan fingerprint density at radius 1 is 1.26 bits per heavy atom. The average molecular weight is 407 g/mol. The number of carbonyl (C=O) groups excluding carboxylic acids is 1. The predicted molar refractivity (Wildman–Crippen MR) is 114 cm³/mol. The first-order valence-corrected chi connectivity index (χ1v) is 10.6. The minimum absolute atomic E-state index is 0.270. The average Bonchev–Trinajstić information content (AvgIpc) is 3.13. The van der Waals surface area contributed by atoms with Crippen molar-refractivity contribution in [2.24, 2.45) is 0 Å². The second-order valence-electron chi connectivity index (χ2n) is 6.58. The van der Waals surface area contributed by atoms with Crippen LogP contribution in [0.1, 0.15) is 58.9 Å². The van der Waals surface area contributed by atoms with Gasteiger partial charge in [0.25, 0.3) is 0 Å². The smallest absolute Gasteiger partial charge is 0.341 e. The maximum absolute atomic E-state index is 12.6. The summed E-state index contributed by atoms with van der Waals surface area (Å²) < 4.78 is 7.24. The molecule has 1 aliphatic carbocycles. The predicted octanol–water partition coefficient (Wildman–Crippen LogP) is 4.45. The van der Waals surface area contributed by atoms with Crippen molar-refractivity contribution in [3.8, 4) is 0 Å². The SMILES string of the molecule is CCOC(=O)c1c(NC(=S)Nc2c(C)nn(CC)c2C)sc2c1CCCC2. The molecule has 146 valence electrons. The number of nitrogens with zero attached hydrogens (tertiary/aromatic N) is 2. The van der Waals surface area contributed by atoms with E-state index >= 15 is 0 Å². The molecular weight excluding hydrogens is 380 g/mol. The van der Waals surface area contributed by atoms with Crippen molar-refractivity contribution >= 4 is 45.3 Å². The Labute approximate surface area is 169 Å². The van der Waals surface area contributed by atoms with Gasteiger partial charge in [-0.05, 0) is 71.2 Å². The molecule has 0 radical (unpaired) electrons. The molecule has 1 aliphatic rings. The highest BCUT2D eigenvalue weighted by atomic mass is 32.1. The summed E-state index contributed by atoms with van der Waals surface area (Å²) in [6, 6.07) is 0. The number of hydrogen-bond acceptors (Lipinski definition) is 5. The molecule has 0 aliphatic heterocycles. The highest BCUT2D eigenvalue weighted by molar-refractivity contribution is 7.80. The van der Waals surface area contributed by atoms with E-state index in [1.807, 2.05) is 25.5 Å². The number of fused-ring (bicyclic) bond motifs is 1. The van der Waals surface area contributed by atoms with E-state index in [9.17, 15) is 4.79 Å². The number of hydrogen-bond donors (Lipinski definition) is 2. The molecule has 27 heavy (non-hydrogen) atoms. The van der Waals surface area contributed by atoms with Crippen molar-refractivity contribution in [2.45, 2.75) is 59.9 Å². The van der Waals surface area contributed by atoms with Gasteiger partial charge in [-0.1, -0.05) is 0 Å². The van der Waals surface area contributed by atoms with E-state index in [0.29, 0.717) is 17.3 Å². The molecule has 2 aromatic heterocycles. The normalized spacial score (nSPS) is 13.2.